The molecule has 0 spiro atoms. The maximum absolute atomic E-state index is 13.2. The Kier molecular flexibility index (Phi) is 6.10. The summed E-state index contributed by atoms with van der Waals surface area (Å²) < 4.78 is 18.6. The van der Waals surface area contributed by atoms with Crippen LogP contribution in [0, 0.1) is 5.82 Å². The van der Waals surface area contributed by atoms with Gasteiger partial charge < -0.3 is 15.4 Å². The van der Waals surface area contributed by atoms with E-state index in [1.165, 1.54) is 18.2 Å². The Morgan fingerprint density at radius 3 is 2.71 bits per heavy atom. The Labute approximate surface area is 145 Å². The topological polar surface area (TPSA) is 84.5 Å². The molecule has 0 atom stereocenters. The first kappa shape index (κ1) is 18.2. The number of esters is 1. The quantitative estimate of drug-likeness (QED) is 0.760. The summed E-state index contributed by atoms with van der Waals surface area (Å²) in [6, 6.07) is 3.98. The number of carbonyl (C=O) groups is 3. The van der Waals surface area contributed by atoms with E-state index in [1.54, 1.807) is 6.92 Å². The normalized spacial score (nSPS) is 10.5. The lowest BCUT2D eigenvalue weighted by molar-refractivity contribution is -0.127. The molecule has 0 radical (unpaired) electrons. The zero-order chi connectivity index (χ0) is 17.7. The van der Waals surface area contributed by atoms with Crippen LogP contribution in [0.2, 0.25) is 5.02 Å². The smallest absolute Gasteiger partial charge is 0.350 e. The number of hydrogen-bond acceptors (Lipinski definition) is 5. The van der Waals surface area contributed by atoms with Crippen molar-refractivity contribution in [2.45, 2.75) is 6.92 Å². The maximum Gasteiger partial charge on any atom is 0.350 e. The number of hydrogen-bond donors (Lipinski definition) is 2. The standard InChI is InChI=1S/C15H14ClFN2O4S/c1-2-18-11(20)6-19-12(21)7-23-15(22)14-13(16)9-4-3-8(17)5-10(9)24-14/h3-5H,2,6-7H2,1H3,(H,18,20)(H,19,21). The molecule has 0 aliphatic rings. The number of halogens is 2. The first-order valence-corrected chi connectivity index (χ1v) is 8.20. The van der Waals surface area contributed by atoms with Gasteiger partial charge in [-0.2, -0.15) is 0 Å². The maximum atomic E-state index is 13.2. The summed E-state index contributed by atoms with van der Waals surface area (Å²) in [6.45, 7) is 1.46. The van der Waals surface area contributed by atoms with Crippen LogP contribution in [0.25, 0.3) is 10.1 Å². The molecule has 24 heavy (non-hydrogen) atoms. The van der Waals surface area contributed by atoms with E-state index in [0.717, 1.165) is 11.3 Å². The molecule has 0 saturated heterocycles. The second kappa shape index (κ2) is 8.07. The molecule has 2 rings (SSSR count). The molecule has 1 heterocycles. The first-order valence-electron chi connectivity index (χ1n) is 7.00. The van der Waals surface area contributed by atoms with Gasteiger partial charge in [0.15, 0.2) is 6.61 Å². The lowest BCUT2D eigenvalue weighted by Gasteiger charge is -2.06. The molecule has 2 N–H and O–H groups in total. The van der Waals surface area contributed by atoms with E-state index >= 15 is 0 Å². The van der Waals surface area contributed by atoms with Crippen molar-refractivity contribution in [3.05, 3.63) is 33.9 Å². The molecule has 9 heteroatoms. The molecular weight excluding hydrogens is 359 g/mol. The van der Waals surface area contributed by atoms with Gasteiger partial charge in [-0.1, -0.05) is 11.6 Å². The Morgan fingerprint density at radius 1 is 1.25 bits per heavy atom. The first-order chi connectivity index (χ1) is 11.4. The fraction of sp³-hybridized carbons (Fsp3) is 0.267. The number of thiophene rings is 1. The SMILES string of the molecule is CCNC(=O)CNC(=O)COC(=O)c1sc2cc(F)ccc2c1Cl. The number of fused-ring (bicyclic) bond motifs is 1. The predicted octanol–water partition coefficient (Wildman–Crippen LogP) is 2.10. The van der Waals surface area contributed by atoms with Gasteiger partial charge >= 0.3 is 5.97 Å². The van der Waals surface area contributed by atoms with Crippen molar-refractivity contribution in [2.24, 2.45) is 0 Å². The highest BCUT2D eigenvalue weighted by molar-refractivity contribution is 7.21. The predicted molar refractivity (Wildman–Crippen MR) is 88.8 cm³/mol. The molecule has 0 aliphatic carbocycles. The van der Waals surface area contributed by atoms with Crippen LogP contribution in [0.1, 0.15) is 16.6 Å². The van der Waals surface area contributed by atoms with E-state index in [-0.39, 0.29) is 22.4 Å². The number of ether oxygens (including phenoxy) is 1. The van der Waals surface area contributed by atoms with E-state index in [4.69, 9.17) is 16.3 Å². The van der Waals surface area contributed by atoms with Crippen LogP contribution in [-0.2, 0) is 14.3 Å². The van der Waals surface area contributed by atoms with Gasteiger partial charge in [0, 0.05) is 16.6 Å². The van der Waals surface area contributed by atoms with Gasteiger partial charge in [0.2, 0.25) is 5.91 Å². The van der Waals surface area contributed by atoms with Gasteiger partial charge in [-0.15, -0.1) is 11.3 Å². The molecule has 0 bridgehead atoms. The third-order valence-corrected chi connectivity index (χ3v) is 4.57. The average Bonchev–Trinajstić information content (AvgIpc) is 2.87. The lowest BCUT2D eigenvalue weighted by Crippen LogP contribution is -2.38. The zero-order valence-electron chi connectivity index (χ0n) is 12.7. The van der Waals surface area contributed by atoms with Gasteiger partial charge in [-0.05, 0) is 25.1 Å². The van der Waals surface area contributed by atoms with Crippen molar-refractivity contribution in [3.63, 3.8) is 0 Å². The van der Waals surface area contributed by atoms with Gasteiger partial charge in [-0.25, -0.2) is 9.18 Å². The molecule has 128 valence electrons. The number of rotatable bonds is 6. The minimum Gasteiger partial charge on any atom is -0.451 e. The molecule has 6 nitrogen and oxygen atoms in total. The molecule has 2 aromatic rings. The van der Waals surface area contributed by atoms with Crippen LogP contribution in [-0.4, -0.2) is 37.5 Å². The Hall–Kier alpha value is -2.19. The second-order valence-electron chi connectivity index (χ2n) is 4.69. The lowest BCUT2D eigenvalue weighted by atomic mass is 10.2. The van der Waals surface area contributed by atoms with Gasteiger partial charge in [0.05, 0.1) is 11.6 Å². The zero-order valence-corrected chi connectivity index (χ0v) is 14.2. The minimum absolute atomic E-state index is 0.0915. The summed E-state index contributed by atoms with van der Waals surface area (Å²) in [7, 11) is 0. The summed E-state index contributed by atoms with van der Waals surface area (Å²) >= 11 is 7.07. The van der Waals surface area contributed by atoms with Crippen molar-refractivity contribution >= 4 is 50.8 Å². The number of carbonyl (C=O) groups excluding carboxylic acids is 3. The minimum atomic E-state index is -0.783. The number of nitrogens with one attached hydrogen (secondary N) is 2. The molecule has 0 aliphatic heterocycles. The summed E-state index contributed by atoms with van der Waals surface area (Å²) in [6.07, 6.45) is 0. The monoisotopic (exact) mass is 372 g/mol. The third-order valence-electron chi connectivity index (χ3n) is 2.93. The van der Waals surface area contributed by atoms with Crippen molar-refractivity contribution in [2.75, 3.05) is 19.7 Å². The second-order valence-corrected chi connectivity index (χ2v) is 6.12. The Bertz CT molecular complexity index is 793. The molecule has 0 fully saturated rings. The van der Waals surface area contributed by atoms with E-state index in [0.29, 0.717) is 16.6 Å². The van der Waals surface area contributed by atoms with E-state index < -0.39 is 24.3 Å². The van der Waals surface area contributed by atoms with E-state index in [2.05, 4.69) is 10.6 Å². The van der Waals surface area contributed by atoms with Gasteiger partial charge in [0.1, 0.15) is 10.7 Å². The molecule has 0 unspecified atom stereocenters. The van der Waals surface area contributed by atoms with Crippen LogP contribution in [0.3, 0.4) is 0 Å². The Morgan fingerprint density at radius 2 is 2.00 bits per heavy atom. The summed E-state index contributed by atoms with van der Waals surface area (Å²) in [5, 5.41) is 5.52. The average molecular weight is 373 g/mol. The highest BCUT2D eigenvalue weighted by atomic mass is 35.5. The van der Waals surface area contributed by atoms with Crippen molar-refractivity contribution in [1.29, 1.82) is 0 Å². The van der Waals surface area contributed by atoms with Crippen molar-refractivity contribution < 1.29 is 23.5 Å². The summed E-state index contributed by atoms with van der Waals surface area (Å²) in [5.74, 6) is -2.18. The molecule has 1 aromatic carbocycles. The Balaban J connectivity index is 1.94. The van der Waals surface area contributed by atoms with Gasteiger partial charge in [0.25, 0.3) is 5.91 Å². The fourth-order valence-electron chi connectivity index (χ4n) is 1.86. The summed E-state index contributed by atoms with van der Waals surface area (Å²) in [5.41, 5.74) is 0. The molecule has 2 amide bonds. The molecular formula is C15H14ClFN2O4S. The number of amides is 2. The van der Waals surface area contributed by atoms with Crippen LogP contribution < -0.4 is 10.6 Å². The molecule has 0 saturated carbocycles. The highest BCUT2D eigenvalue weighted by Crippen LogP contribution is 2.36. The third kappa shape index (κ3) is 4.42. The van der Waals surface area contributed by atoms with Crippen molar-refractivity contribution in [3.8, 4) is 0 Å². The van der Waals surface area contributed by atoms with Crippen LogP contribution in [0.5, 0.6) is 0 Å². The largest absolute Gasteiger partial charge is 0.451 e. The highest BCUT2D eigenvalue weighted by Gasteiger charge is 2.19. The van der Waals surface area contributed by atoms with Gasteiger partial charge in [-0.3, -0.25) is 9.59 Å². The van der Waals surface area contributed by atoms with Crippen molar-refractivity contribution in [1.82, 2.24) is 10.6 Å². The van der Waals surface area contributed by atoms with Crippen LogP contribution in [0.4, 0.5) is 4.39 Å². The van der Waals surface area contributed by atoms with Crippen LogP contribution in [0.15, 0.2) is 18.2 Å². The van der Waals surface area contributed by atoms with E-state index in [1.807, 2.05) is 0 Å². The fourth-order valence-corrected chi connectivity index (χ4v) is 3.28. The molecule has 1 aromatic heterocycles. The summed E-state index contributed by atoms with van der Waals surface area (Å²) in [4.78, 5) is 34.8. The van der Waals surface area contributed by atoms with E-state index in [9.17, 15) is 18.8 Å². The number of likely N-dealkylation sites (N-methyl/N-ethyl adjacent to an activating group) is 1. The number of benzene rings is 1. The van der Waals surface area contributed by atoms with Crippen LogP contribution >= 0.6 is 22.9 Å².